The molecule has 0 unspecified atom stereocenters. The molecule has 4 N–H and O–H groups in total. The topological polar surface area (TPSA) is 122 Å². The number of nitrogens with zero attached hydrogens (tertiary/aromatic N) is 1. The van der Waals surface area contributed by atoms with Crippen molar-refractivity contribution in [2.24, 2.45) is 5.73 Å². The first kappa shape index (κ1) is 30.7. The summed E-state index contributed by atoms with van der Waals surface area (Å²) in [5, 5.41) is 2.75. The van der Waals surface area contributed by atoms with Crippen LogP contribution in [0.2, 0.25) is 0 Å². The number of nitrogens with two attached hydrogens (primary N) is 1. The van der Waals surface area contributed by atoms with Gasteiger partial charge in [0.15, 0.2) is 0 Å². The number of anilines is 1. The monoisotopic (exact) mass is 598 g/mol. The molecule has 41 heavy (non-hydrogen) atoms. The summed E-state index contributed by atoms with van der Waals surface area (Å²) in [6, 6.07) is 17.4. The summed E-state index contributed by atoms with van der Waals surface area (Å²) in [6.07, 6.45) is 0. The fraction of sp³-hybridized carbons (Fsp3) is 0.333. The molecule has 0 aromatic heterocycles. The maximum atomic E-state index is 14.1. The zero-order valence-corrected chi connectivity index (χ0v) is 25.3. The number of rotatable bonds is 7. The largest absolute Gasteiger partial charge is 0.342 e. The van der Waals surface area contributed by atoms with Gasteiger partial charge >= 0.3 is 0 Å². The third-order valence-corrected chi connectivity index (χ3v) is 9.25. The zero-order valence-electron chi connectivity index (χ0n) is 23.7. The summed E-state index contributed by atoms with van der Waals surface area (Å²) in [7, 11) is -3.78. The standard InChI is InChI=1S/C30H35FN4O4S2/c1-29(2,3)34-41(38,39)26-9-7-6-8-22(26)20-12-10-19(11-13-20)17-35-24-15-14-21(31)16-25(24)40-18-23(27(35)36)33-28(37)30(4,5)32/h6-16,23,34H,17-18,32H2,1-5H3,(H,33,37)/t23-/m1/s1. The van der Waals surface area contributed by atoms with Gasteiger partial charge in [0.05, 0.1) is 22.7 Å². The minimum absolute atomic E-state index is 0.155. The number of sulfonamides is 1. The van der Waals surface area contributed by atoms with Crippen LogP contribution in [0.4, 0.5) is 10.1 Å². The van der Waals surface area contributed by atoms with E-state index in [0.29, 0.717) is 21.7 Å². The maximum Gasteiger partial charge on any atom is 0.250 e. The zero-order chi connectivity index (χ0) is 30.2. The quantitative estimate of drug-likeness (QED) is 0.370. The Balaban J connectivity index is 1.65. The van der Waals surface area contributed by atoms with Crippen LogP contribution in [0.15, 0.2) is 76.5 Å². The smallest absolute Gasteiger partial charge is 0.250 e. The Morgan fingerprint density at radius 2 is 1.71 bits per heavy atom. The number of hydrogen-bond acceptors (Lipinski definition) is 6. The number of carbonyl (C=O) groups is 2. The molecule has 2 amide bonds. The average Bonchev–Trinajstić information content (AvgIpc) is 2.99. The van der Waals surface area contributed by atoms with E-state index in [1.807, 2.05) is 12.1 Å². The van der Waals surface area contributed by atoms with Crippen molar-refractivity contribution in [1.82, 2.24) is 10.0 Å². The number of thioether (sulfide) groups is 1. The molecule has 0 saturated carbocycles. The van der Waals surface area contributed by atoms with E-state index in [9.17, 15) is 22.4 Å². The van der Waals surface area contributed by atoms with Gasteiger partial charge in [-0.3, -0.25) is 9.59 Å². The highest BCUT2D eigenvalue weighted by molar-refractivity contribution is 7.99. The van der Waals surface area contributed by atoms with Crippen molar-refractivity contribution < 1.29 is 22.4 Å². The van der Waals surface area contributed by atoms with Crippen LogP contribution in [0.5, 0.6) is 0 Å². The number of carbonyl (C=O) groups excluding carboxylic acids is 2. The fourth-order valence-corrected chi connectivity index (χ4v) is 7.10. The van der Waals surface area contributed by atoms with E-state index in [1.165, 1.54) is 28.8 Å². The lowest BCUT2D eigenvalue weighted by Gasteiger charge is -2.28. The summed E-state index contributed by atoms with van der Waals surface area (Å²) in [4.78, 5) is 28.6. The van der Waals surface area contributed by atoms with Crippen LogP contribution < -0.4 is 20.7 Å². The molecular weight excluding hydrogens is 563 g/mol. The molecule has 1 heterocycles. The fourth-order valence-electron chi connectivity index (χ4n) is 4.36. The number of fused-ring (bicyclic) bond motifs is 1. The highest BCUT2D eigenvalue weighted by Crippen LogP contribution is 2.36. The van der Waals surface area contributed by atoms with Gasteiger partial charge < -0.3 is 16.0 Å². The third kappa shape index (κ3) is 7.34. The predicted octanol–water partition coefficient (Wildman–Crippen LogP) is 4.43. The molecule has 0 radical (unpaired) electrons. The Kier molecular flexibility index (Phi) is 8.65. The Morgan fingerprint density at radius 1 is 1.05 bits per heavy atom. The van der Waals surface area contributed by atoms with Crippen molar-refractivity contribution in [1.29, 1.82) is 0 Å². The summed E-state index contributed by atoms with van der Waals surface area (Å²) in [5.74, 6) is -1.00. The maximum absolute atomic E-state index is 14.1. The molecule has 11 heteroatoms. The molecule has 3 aromatic rings. The van der Waals surface area contributed by atoms with Gasteiger partial charge in [-0.1, -0.05) is 42.5 Å². The normalized spacial score (nSPS) is 16.2. The Morgan fingerprint density at radius 3 is 2.34 bits per heavy atom. The average molecular weight is 599 g/mol. The summed E-state index contributed by atoms with van der Waals surface area (Å²) >= 11 is 1.29. The van der Waals surface area contributed by atoms with E-state index in [1.54, 1.807) is 77.1 Å². The third-order valence-electron chi connectivity index (χ3n) is 6.30. The Bertz CT molecular complexity index is 1560. The first-order valence-electron chi connectivity index (χ1n) is 13.1. The van der Waals surface area contributed by atoms with Crippen LogP contribution in [0, 0.1) is 5.82 Å². The van der Waals surface area contributed by atoms with Crippen LogP contribution in [-0.4, -0.2) is 43.1 Å². The van der Waals surface area contributed by atoms with Crippen molar-refractivity contribution in [2.45, 2.75) is 68.1 Å². The molecule has 8 nitrogen and oxygen atoms in total. The predicted molar refractivity (Wildman–Crippen MR) is 160 cm³/mol. The molecule has 1 aliphatic heterocycles. The molecule has 4 rings (SSSR count). The van der Waals surface area contributed by atoms with Crippen LogP contribution in [0.3, 0.4) is 0 Å². The van der Waals surface area contributed by atoms with E-state index < -0.39 is 38.9 Å². The summed E-state index contributed by atoms with van der Waals surface area (Å²) in [5.41, 5.74) is 6.66. The molecular formula is C30H35FN4O4S2. The van der Waals surface area contributed by atoms with Crippen LogP contribution >= 0.6 is 11.8 Å². The van der Waals surface area contributed by atoms with Gasteiger partial charge in [-0.25, -0.2) is 17.5 Å². The molecule has 0 bridgehead atoms. The van der Waals surface area contributed by atoms with Gasteiger partial charge in [0, 0.05) is 21.8 Å². The highest BCUT2D eigenvalue weighted by Gasteiger charge is 2.34. The van der Waals surface area contributed by atoms with Gasteiger partial charge in [-0.15, -0.1) is 11.8 Å². The molecule has 1 atom stereocenters. The van der Waals surface area contributed by atoms with E-state index in [0.717, 1.165) is 5.56 Å². The lowest BCUT2D eigenvalue weighted by Crippen LogP contribution is -2.56. The molecule has 3 aromatic carbocycles. The second-order valence-electron chi connectivity index (χ2n) is 11.6. The van der Waals surface area contributed by atoms with Gasteiger partial charge in [-0.05, 0) is 70.0 Å². The van der Waals surface area contributed by atoms with Crippen LogP contribution in [0.1, 0.15) is 40.2 Å². The van der Waals surface area contributed by atoms with Gasteiger partial charge in [0.1, 0.15) is 11.9 Å². The second-order valence-corrected chi connectivity index (χ2v) is 14.4. The van der Waals surface area contributed by atoms with Crippen molar-refractivity contribution in [2.75, 3.05) is 10.7 Å². The van der Waals surface area contributed by atoms with Crippen molar-refractivity contribution >= 4 is 39.3 Å². The number of amides is 2. The molecule has 1 aliphatic rings. The van der Waals surface area contributed by atoms with E-state index >= 15 is 0 Å². The van der Waals surface area contributed by atoms with Gasteiger partial charge in [0.25, 0.3) is 5.91 Å². The first-order chi connectivity index (χ1) is 19.0. The number of benzene rings is 3. The summed E-state index contributed by atoms with van der Waals surface area (Å²) in [6.45, 7) is 8.62. The van der Waals surface area contributed by atoms with Crippen molar-refractivity contribution in [3.05, 3.63) is 78.1 Å². The van der Waals surface area contributed by atoms with E-state index in [4.69, 9.17) is 5.73 Å². The summed E-state index contributed by atoms with van der Waals surface area (Å²) < 4.78 is 43.1. The Hall–Kier alpha value is -3.25. The molecule has 0 aliphatic carbocycles. The van der Waals surface area contributed by atoms with Gasteiger partial charge in [-0.2, -0.15) is 0 Å². The van der Waals surface area contributed by atoms with Gasteiger partial charge in [0.2, 0.25) is 15.9 Å². The molecule has 0 saturated heterocycles. The lowest BCUT2D eigenvalue weighted by atomic mass is 10.0. The number of nitrogens with one attached hydrogen (secondary N) is 2. The highest BCUT2D eigenvalue weighted by atomic mass is 32.2. The van der Waals surface area contributed by atoms with E-state index in [2.05, 4.69) is 10.0 Å². The minimum atomic E-state index is -3.78. The second kappa shape index (κ2) is 11.6. The molecule has 0 fully saturated rings. The first-order valence-corrected chi connectivity index (χ1v) is 15.6. The minimum Gasteiger partial charge on any atom is -0.342 e. The van der Waals surface area contributed by atoms with E-state index in [-0.39, 0.29) is 23.1 Å². The number of hydrogen-bond donors (Lipinski definition) is 3. The Labute approximate surface area is 244 Å². The van der Waals surface area contributed by atoms with Crippen molar-refractivity contribution in [3.63, 3.8) is 0 Å². The van der Waals surface area contributed by atoms with Crippen molar-refractivity contribution in [3.8, 4) is 11.1 Å². The van der Waals surface area contributed by atoms with Crippen LogP contribution in [-0.2, 0) is 26.2 Å². The lowest BCUT2D eigenvalue weighted by molar-refractivity contribution is -0.129. The SMILES string of the molecule is CC(C)(C)NS(=O)(=O)c1ccccc1-c1ccc(CN2C(=O)[C@H](NC(=O)C(C)(C)N)CSc3cc(F)ccc32)cc1. The molecule has 218 valence electrons. The number of halogens is 1. The molecule has 0 spiro atoms. The van der Waals surface area contributed by atoms with Crippen LogP contribution in [0.25, 0.3) is 11.1 Å².